The molecular formula is C16H12F6N2OS. The molecule has 0 saturated carbocycles. The van der Waals surface area contributed by atoms with Gasteiger partial charge in [-0.3, -0.25) is 0 Å². The molecule has 0 heterocycles. The number of ether oxygens (including phenoxy) is 1. The first-order chi connectivity index (χ1) is 12.0. The Bertz CT molecular complexity index is 804. The summed E-state index contributed by atoms with van der Waals surface area (Å²) in [6.45, 7) is 0. The Labute approximate surface area is 150 Å². The van der Waals surface area contributed by atoms with E-state index in [1.165, 1.54) is 19.2 Å². The fraction of sp³-hybridized carbons (Fsp3) is 0.188. The summed E-state index contributed by atoms with van der Waals surface area (Å²) in [5, 5.41) is 4.80. The number of alkyl halides is 6. The molecule has 0 aromatic heterocycles. The molecule has 0 bridgehead atoms. The minimum atomic E-state index is -4.57. The molecule has 26 heavy (non-hydrogen) atoms. The fourth-order valence-electron chi connectivity index (χ4n) is 2.04. The summed E-state index contributed by atoms with van der Waals surface area (Å²) in [6, 6.07) is 6.98. The molecule has 0 aliphatic carbocycles. The lowest BCUT2D eigenvalue weighted by Crippen LogP contribution is -2.20. The van der Waals surface area contributed by atoms with E-state index in [-0.39, 0.29) is 22.2 Å². The molecule has 0 saturated heterocycles. The molecule has 10 heteroatoms. The standard InChI is InChI=1S/C16H12F6N2OS/c1-25-13-6-5-10(16(20,21)22)8-12(13)24-14(26)23-11-4-2-3-9(7-11)15(17,18)19/h2-8H,1H3,(H2,23,24,26). The molecule has 2 N–H and O–H groups in total. The molecule has 0 unspecified atom stereocenters. The summed E-state index contributed by atoms with van der Waals surface area (Å²) in [7, 11) is 1.26. The maximum absolute atomic E-state index is 12.8. The van der Waals surface area contributed by atoms with Gasteiger partial charge in [0, 0.05) is 5.69 Å². The highest BCUT2D eigenvalue weighted by atomic mass is 32.1. The van der Waals surface area contributed by atoms with Crippen molar-refractivity contribution in [2.75, 3.05) is 17.7 Å². The van der Waals surface area contributed by atoms with E-state index in [0.717, 1.165) is 30.3 Å². The Morgan fingerprint density at radius 1 is 0.885 bits per heavy atom. The summed E-state index contributed by atoms with van der Waals surface area (Å²) in [5.74, 6) is 0.0891. The van der Waals surface area contributed by atoms with Crippen LogP contribution in [0.1, 0.15) is 11.1 Å². The molecule has 0 amide bonds. The SMILES string of the molecule is COc1ccc(C(F)(F)F)cc1NC(=S)Nc1cccc(C(F)(F)F)c1. The molecule has 2 rings (SSSR count). The number of thiocarbonyl (C=S) groups is 1. The molecule has 140 valence electrons. The number of methoxy groups -OCH3 is 1. The Kier molecular flexibility index (Phi) is 5.65. The number of benzene rings is 2. The highest BCUT2D eigenvalue weighted by Crippen LogP contribution is 2.35. The van der Waals surface area contributed by atoms with E-state index in [2.05, 4.69) is 10.6 Å². The zero-order chi connectivity index (χ0) is 19.5. The number of hydrogen-bond acceptors (Lipinski definition) is 2. The summed E-state index contributed by atoms with van der Waals surface area (Å²) in [5.41, 5.74) is -1.86. The van der Waals surface area contributed by atoms with Gasteiger partial charge >= 0.3 is 12.4 Å². The second-order valence-corrected chi connectivity index (χ2v) is 5.48. The van der Waals surface area contributed by atoms with Crippen LogP contribution in [0.3, 0.4) is 0 Å². The highest BCUT2D eigenvalue weighted by Gasteiger charge is 2.32. The molecule has 0 aliphatic heterocycles. The van der Waals surface area contributed by atoms with Crippen molar-refractivity contribution >= 4 is 28.7 Å². The van der Waals surface area contributed by atoms with Crippen molar-refractivity contribution in [2.24, 2.45) is 0 Å². The second-order valence-electron chi connectivity index (χ2n) is 5.07. The zero-order valence-corrected chi connectivity index (χ0v) is 13.9. The maximum atomic E-state index is 12.8. The summed E-state index contributed by atoms with van der Waals surface area (Å²) in [6.07, 6.45) is -9.10. The summed E-state index contributed by atoms with van der Waals surface area (Å²) >= 11 is 4.96. The topological polar surface area (TPSA) is 33.3 Å². The van der Waals surface area contributed by atoms with Crippen LogP contribution < -0.4 is 15.4 Å². The molecule has 0 spiro atoms. The second kappa shape index (κ2) is 7.40. The van der Waals surface area contributed by atoms with Gasteiger partial charge in [0.15, 0.2) is 5.11 Å². The van der Waals surface area contributed by atoms with E-state index in [0.29, 0.717) is 0 Å². The van der Waals surface area contributed by atoms with Crippen LogP contribution in [-0.2, 0) is 12.4 Å². The van der Waals surface area contributed by atoms with Gasteiger partial charge < -0.3 is 15.4 Å². The lowest BCUT2D eigenvalue weighted by molar-refractivity contribution is -0.138. The van der Waals surface area contributed by atoms with Crippen molar-refractivity contribution in [2.45, 2.75) is 12.4 Å². The fourth-order valence-corrected chi connectivity index (χ4v) is 2.27. The first-order valence-corrected chi connectivity index (χ1v) is 7.42. The Balaban J connectivity index is 2.20. The van der Waals surface area contributed by atoms with E-state index in [4.69, 9.17) is 17.0 Å². The van der Waals surface area contributed by atoms with Crippen LogP contribution in [0.15, 0.2) is 42.5 Å². The molecule has 0 fully saturated rings. The average Bonchev–Trinajstić information content (AvgIpc) is 2.53. The van der Waals surface area contributed by atoms with Crippen LogP contribution in [0.2, 0.25) is 0 Å². The predicted octanol–water partition coefficient (Wildman–Crippen LogP) is 5.54. The molecule has 0 atom stereocenters. The van der Waals surface area contributed by atoms with Crippen molar-refractivity contribution in [3.8, 4) is 5.75 Å². The van der Waals surface area contributed by atoms with Crippen molar-refractivity contribution in [1.29, 1.82) is 0 Å². The maximum Gasteiger partial charge on any atom is 0.416 e. The van der Waals surface area contributed by atoms with Crippen LogP contribution in [0.25, 0.3) is 0 Å². The summed E-state index contributed by atoms with van der Waals surface area (Å²) < 4.78 is 81.5. The average molecular weight is 394 g/mol. The van der Waals surface area contributed by atoms with Gasteiger partial charge in [-0.25, -0.2) is 0 Å². The van der Waals surface area contributed by atoms with Crippen LogP contribution in [-0.4, -0.2) is 12.2 Å². The molecule has 0 radical (unpaired) electrons. The monoisotopic (exact) mass is 394 g/mol. The lowest BCUT2D eigenvalue weighted by Gasteiger charge is -2.16. The normalized spacial score (nSPS) is 11.8. The van der Waals surface area contributed by atoms with E-state index < -0.39 is 23.5 Å². The Hall–Kier alpha value is -2.49. The van der Waals surface area contributed by atoms with Crippen molar-refractivity contribution in [1.82, 2.24) is 0 Å². The molecule has 0 aliphatic rings. The van der Waals surface area contributed by atoms with Crippen molar-refractivity contribution < 1.29 is 31.1 Å². The van der Waals surface area contributed by atoms with Crippen LogP contribution in [0, 0.1) is 0 Å². The van der Waals surface area contributed by atoms with Gasteiger partial charge in [-0.2, -0.15) is 26.3 Å². The Morgan fingerprint density at radius 2 is 1.50 bits per heavy atom. The minimum Gasteiger partial charge on any atom is -0.495 e. The largest absolute Gasteiger partial charge is 0.495 e. The van der Waals surface area contributed by atoms with Gasteiger partial charge in [-0.05, 0) is 48.6 Å². The van der Waals surface area contributed by atoms with E-state index in [1.807, 2.05) is 0 Å². The number of hydrogen-bond donors (Lipinski definition) is 2. The molecular weight excluding hydrogens is 382 g/mol. The summed E-state index contributed by atoms with van der Waals surface area (Å²) in [4.78, 5) is 0. The number of anilines is 2. The third-order valence-corrected chi connectivity index (χ3v) is 3.43. The Morgan fingerprint density at radius 3 is 2.08 bits per heavy atom. The zero-order valence-electron chi connectivity index (χ0n) is 13.1. The van der Waals surface area contributed by atoms with Crippen molar-refractivity contribution in [3.05, 3.63) is 53.6 Å². The minimum absolute atomic E-state index is 0.0308. The van der Waals surface area contributed by atoms with E-state index in [1.54, 1.807) is 0 Å². The van der Waals surface area contributed by atoms with Gasteiger partial charge in [0.1, 0.15) is 5.75 Å². The third kappa shape index (κ3) is 5.01. The van der Waals surface area contributed by atoms with Crippen molar-refractivity contribution in [3.63, 3.8) is 0 Å². The van der Waals surface area contributed by atoms with E-state index >= 15 is 0 Å². The van der Waals surface area contributed by atoms with Gasteiger partial charge in [-0.15, -0.1) is 0 Å². The lowest BCUT2D eigenvalue weighted by atomic mass is 10.2. The van der Waals surface area contributed by atoms with Gasteiger partial charge in [0.2, 0.25) is 0 Å². The number of rotatable bonds is 3. The van der Waals surface area contributed by atoms with E-state index in [9.17, 15) is 26.3 Å². The smallest absolute Gasteiger partial charge is 0.416 e. The van der Waals surface area contributed by atoms with Crippen LogP contribution >= 0.6 is 12.2 Å². The molecule has 2 aromatic carbocycles. The molecule has 3 nitrogen and oxygen atoms in total. The van der Waals surface area contributed by atoms with Gasteiger partial charge in [0.25, 0.3) is 0 Å². The van der Waals surface area contributed by atoms with Crippen LogP contribution in [0.4, 0.5) is 37.7 Å². The van der Waals surface area contributed by atoms with Gasteiger partial charge in [-0.1, -0.05) is 6.07 Å². The van der Waals surface area contributed by atoms with Crippen LogP contribution in [0.5, 0.6) is 5.75 Å². The quantitative estimate of drug-likeness (QED) is 0.529. The number of nitrogens with one attached hydrogen (secondary N) is 2. The highest BCUT2D eigenvalue weighted by molar-refractivity contribution is 7.80. The molecule has 2 aromatic rings. The first-order valence-electron chi connectivity index (χ1n) is 7.01. The van der Waals surface area contributed by atoms with Gasteiger partial charge in [0.05, 0.1) is 23.9 Å². The number of halogens is 6. The first kappa shape index (κ1) is 19.8. The predicted molar refractivity (Wildman–Crippen MR) is 89.3 cm³/mol. The third-order valence-electron chi connectivity index (χ3n) is 3.22.